The van der Waals surface area contributed by atoms with Crippen molar-refractivity contribution in [1.29, 1.82) is 0 Å². The minimum absolute atomic E-state index is 0.00652. The number of carboxylic acids is 2. The van der Waals surface area contributed by atoms with E-state index in [1.165, 1.54) is 48.6 Å². The number of benzene rings is 2. The summed E-state index contributed by atoms with van der Waals surface area (Å²) in [5.74, 6) is -4.19. The molecule has 2 heterocycles. The lowest BCUT2D eigenvalue weighted by Gasteiger charge is -2.13. The smallest absolute Gasteiger partial charge is 0.337 e. The fourth-order valence-electron chi connectivity index (χ4n) is 4.53. The van der Waals surface area contributed by atoms with Gasteiger partial charge in [0.2, 0.25) is 0 Å². The number of nitrogens with two attached hydrogens (primary N) is 3. The molecule has 0 saturated carbocycles. The van der Waals surface area contributed by atoms with E-state index in [0.717, 1.165) is 6.07 Å². The first-order valence-corrected chi connectivity index (χ1v) is 14.9. The van der Waals surface area contributed by atoms with Gasteiger partial charge in [-0.3, -0.25) is 14.2 Å². The first-order chi connectivity index (χ1) is 23.8. The largest absolute Gasteiger partial charge is 0.493 e. The summed E-state index contributed by atoms with van der Waals surface area (Å²) in [5, 5.41) is 29.7. The van der Waals surface area contributed by atoms with Crippen LogP contribution in [0.25, 0.3) is 17.5 Å². The second-order valence-electron chi connectivity index (χ2n) is 10.6. The topological polar surface area (TPSA) is 236 Å². The molecule has 2 aromatic heterocycles. The Morgan fingerprint density at radius 3 is 2.06 bits per heavy atom. The number of hydrogen-bond acceptors (Lipinski definition) is 10. The molecule has 4 aromatic rings. The summed E-state index contributed by atoms with van der Waals surface area (Å²) in [5.41, 5.74) is 19.4. The van der Waals surface area contributed by atoms with Gasteiger partial charge in [0.05, 0.1) is 58.5 Å². The molecule has 1 amide bonds. The number of hydrogen-bond donors (Lipinski definition) is 6. The van der Waals surface area contributed by atoms with Crippen LogP contribution in [-0.2, 0) is 18.9 Å². The number of aryl methyl sites for hydroxylation is 2. The Morgan fingerprint density at radius 1 is 0.840 bits per heavy atom. The van der Waals surface area contributed by atoms with Gasteiger partial charge >= 0.3 is 11.9 Å². The third-order valence-electron chi connectivity index (χ3n) is 7.11. The highest BCUT2D eigenvalue weighted by molar-refractivity contribution is 6.07. The molecule has 9 N–H and O–H groups in total. The van der Waals surface area contributed by atoms with Crippen LogP contribution in [0.3, 0.4) is 0 Å². The van der Waals surface area contributed by atoms with E-state index in [1.807, 2.05) is 0 Å². The average molecular weight is 687 g/mol. The first kappa shape index (κ1) is 36.0. The predicted molar refractivity (Wildman–Crippen MR) is 183 cm³/mol. The third kappa shape index (κ3) is 9.15. The van der Waals surface area contributed by atoms with Crippen LogP contribution < -0.4 is 32.0 Å². The zero-order valence-corrected chi connectivity index (χ0v) is 27.0. The van der Waals surface area contributed by atoms with E-state index >= 15 is 0 Å². The van der Waals surface area contributed by atoms with Crippen molar-refractivity contribution in [2.75, 3.05) is 18.5 Å². The second-order valence-corrected chi connectivity index (χ2v) is 10.6. The van der Waals surface area contributed by atoms with Gasteiger partial charge in [-0.15, -0.1) is 0 Å². The maximum atomic E-state index is 14.7. The molecule has 260 valence electrons. The number of carbonyl (C=O) groups excluding carboxylic acids is 1. The Kier molecular flexibility index (Phi) is 11.8. The molecule has 2 aromatic carbocycles. The van der Waals surface area contributed by atoms with Crippen molar-refractivity contribution in [3.63, 3.8) is 0 Å². The molecule has 0 spiro atoms. The molecule has 0 saturated heterocycles. The summed E-state index contributed by atoms with van der Waals surface area (Å²) in [4.78, 5) is 36.3. The number of aromatic carboxylic acids is 2. The zero-order valence-electron chi connectivity index (χ0n) is 27.0. The summed E-state index contributed by atoms with van der Waals surface area (Å²) < 4.78 is 29.1. The van der Waals surface area contributed by atoms with Crippen molar-refractivity contribution in [3.8, 4) is 11.5 Å². The minimum Gasteiger partial charge on any atom is -0.493 e. The lowest BCUT2D eigenvalue weighted by Crippen LogP contribution is -2.21. The number of aromatic nitrogens is 4. The van der Waals surface area contributed by atoms with Gasteiger partial charge in [0, 0.05) is 39.0 Å². The van der Waals surface area contributed by atoms with Gasteiger partial charge in [-0.05, 0) is 60.2 Å². The van der Waals surface area contributed by atoms with Crippen molar-refractivity contribution in [2.45, 2.75) is 6.42 Å². The summed E-state index contributed by atoms with van der Waals surface area (Å²) in [6.07, 6.45) is 10.7. The van der Waals surface area contributed by atoms with Crippen LogP contribution in [0.4, 0.5) is 10.1 Å². The average Bonchev–Trinajstić information content (AvgIpc) is 3.71. The summed E-state index contributed by atoms with van der Waals surface area (Å²) in [6.45, 7) is 0.0625. The molecule has 0 unspecified atom stereocenters. The Balaban J connectivity index is 1.37. The van der Waals surface area contributed by atoms with Crippen molar-refractivity contribution in [1.82, 2.24) is 19.6 Å². The van der Waals surface area contributed by atoms with Gasteiger partial charge in [0.25, 0.3) is 5.91 Å². The number of ether oxygens (including phenoxy) is 2. The molecule has 50 heavy (non-hydrogen) atoms. The normalized spacial score (nSPS) is 12.3. The van der Waals surface area contributed by atoms with Gasteiger partial charge in [-0.1, -0.05) is 12.2 Å². The first-order valence-electron chi connectivity index (χ1n) is 14.9. The molecule has 16 heteroatoms. The van der Waals surface area contributed by atoms with E-state index in [-0.39, 0.29) is 59.2 Å². The molecule has 0 bridgehead atoms. The maximum Gasteiger partial charge on any atom is 0.337 e. The lowest BCUT2D eigenvalue weighted by molar-refractivity contribution is -0.112. The molecular weight excluding hydrogens is 651 g/mol. The summed E-state index contributed by atoms with van der Waals surface area (Å²) in [6, 6.07) is 9.54. The van der Waals surface area contributed by atoms with Gasteiger partial charge < -0.3 is 42.2 Å². The lowest BCUT2D eigenvalue weighted by atomic mass is 10.1. The number of amides is 1. The Labute approximate surface area is 285 Å². The van der Waals surface area contributed by atoms with E-state index in [4.69, 9.17) is 26.7 Å². The number of rotatable bonds is 15. The van der Waals surface area contributed by atoms with Crippen molar-refractivity contribution >= 4 is 41.0 Å². The number of nitrogens with zero attached hydrogens (tertiary/aromatic N) is 4. The quantitative estimate of drug-likeness (QED) is 0.0600. The van der Waals surface area contributed by atoms with E-state index in [2.05, 4.69) is 15.5 Å². The molecule has 0 atom stereocenters. The molecule has 0 aliphatic heterocycles. The fraction of sp³-hybridized carbons (Fsp3) is 0.147. The molecular formula is C34H35FN8O7. The molecule has 0 fully saturated rings. The Morgan fingerprint density at radius 2 is 1.46 bits per heavy atom. The third-order valence-corrected chi connectivity index (χ3v) is 7.11. The van der Waals surface area contributed by atoms with Crippen LogP contribution >= 0.6 is 0 Å². The Bertz CT molecular complexity index is 2030. The standard InChI is InChI=1S/C34H35FN8O7/c1-42-29(11-13-39-42)25(36)6-3-5-20-17-31(24(35)19-23(20)34(47)48)50-16-4-15-49-21-7-8-22(33(45)46)28(18-21)41-32(44)27(38)10-9-26(37)30-12-14-40-43(30)2/h3,5-14,17-19H,4,15-16,36-38H2,1-2H3,(H,41,44)(H,45,46)(H,47,48)/b5-3+,25-6-,26-9-,27-10-. The highest BCUT2D eigenvalue weighted by atomic mass is 19.1. The van der Waals surface area contributed by atoms with E-state index in [1.54, 1.807) is 54.1 Å². The number of halogens is 1. The maximum absolute atomic E-state index is 14.7. The molecule has 4 rings (SSSR count). The number of allylic oxidation sites excluding steroid dienone is 4. The van der Waals surface area contributed by atoms with Crippen molar-refractivity contribution < 1.29 is 38.5 Å². The van der Waals surface area contributed by atoms with Gasteiger partial charge in [0.15, 0.2) is 11.6 Å². The highest BCUT2D eigenvalue weighted by Gasteiger charge is 2.17. The monoisotopic (exact) mass is 686 g/mol. The van der Waals surface area contributed by atoms with Crippen molar-refractivity contribution in [2.24, 2.45) is 31.3 Å². The van der Waals surface area contributed by atoms with Crippen LogP contribution in [0.1, 0.15) is 44.1 Å². The Hall–Kier alpha value is -6.84. The zero-order chi connectivity index (χ0) is 36.4. The van der Waals surface area contributed by atoms with Gasteiger partial charge in [-0.2, -0.15) is 10.2 Å². The molecule has 0 aliphatic rings. The molecule has 0 aliphatic carbocycles. The molecule has 15 nitrogen and oxygen atoms in total. The SMILES string of the molecule is Cn1nccc1/C(N)=C/C=C(\N)C(=O)Nc1cc(OCCCOc2cc(/C=C/C=C(\N)c3ccnn3C)c(C(=O)O)cc2F)ccc1C(=O)O. The fourth-order valence-corrected chi connectivity index (χ4v) is 4.53. The minimum atomic E-state index is -1.32. The highest BCUT2D eigenvalue weighted by Crippen LogP contribution is 2.26. The van der Waals surface area contributed by atoms with E-state index < -0.39 is 23.7 Å². The summed E-state index contributed by atoms with van der Waals surface area (Å²) in [7, 11) is 3.42. The van der Waals surface area contributed by atoms with E-state index in [0.29, 0.717) is 22.8 Å². The second kappa shape index (κ2) is 16.3. The van der Waals surface area contributed by atoms with Crippen LogP contribution in [0.15, 0.2) is 84.9 Å². The number of anilines is 1. The summed E-state index contributed by atoms with van der Waals surface area (Å²) >= 11 is 0. The van der Waals surface area contributed by atoms with Crippen LogP contribution in [0.2, 0.25) is 0 Å². The number of nitrogens with one attached hydrogen (secondary N) is 1. The van der Waals surface area contributed by atoms with Crippen LogP contribution in [-0.4, -0.2) is 60.8 Å². The van der Waals surface area contributed by atoms with Crippen LogP contribution in [0.5, 0.6) is 11.5 Å². The van der Waals surface area contributed by atoms with Crippen molar-refractivity contribution in [3.05, 3.63) is 119 Å². The molecule has 0 radical (unpaired) electrons. The number of carbonyl (C=O) groups is 3. The van der Waals surface area contributed by atoms with E-state index in [9.17, 15) is 29.0 Å². The van der Waals surface area contributed by atoms with Crippen LogP contribution in [0, 0.1) is 5.82 Å². The van der Waals surface area contributed by atoms with Gasteiger partial charge in [-0.25, -0.2) is 14.0 Å². The predicted octanol–water partition coefficient (Wildman–Crippen LogP) is 3.33. The van der Waals surface area contributed by atoms with Gasteiger partial charge in [0.1, 0.15) is 5.75 Å². The number of carboxylic acid groups (broad SMARTS) is 2.